The minimum atomic E-state index is -1.11. The van der Waals surface area contributed by atoms with Crippen LogP contribution in [0.25, 0.3) is 33.2 Å². The van der Waals surface area contributed by atoms with E-state index in [9.17, 15) is 9.90 Å². The molecule has 4 rings (SSSR count). The van der Waals surface area contributed by atoms with Gasteiger partial charge in [-0.1, -0.05) is 30.6 Å². The lowest BCUT2D eigenvalue weighted by atomic mass is 10.1. The number of H-pyrrole nitrogens is 1. The van der Waals surface area contributed by atoms with Crippen LogP contribution in [-0.2, 0) is 0 Å². The molecule has 4 aromatic rings. The molecule has 4 N–H and O–H groups in total. The van der Waals surface area contributed by atoms with E-state index in [1.165, 1.54) is 0 Å². The highest BCUT2D eigenvalue weighted by Crippen LogP contribution is 2.40. The van der Waals surface area contributed by atoms with Crippen LogP contribution in [0, 0.1) is 0 Å². The zero-order chi connectivity index (χ0) is 19.1. The maximum atomic E-state index is 11.8. The first-order valence-corrected chi connectivity index (χ1v) is 8.84. The number of nitrogens with one attached hydrogen (secondary N) is 1. The molecule has 0 spiro atoms. The second-order valence-electron chi connectivity index (χ2n) is 5.94. The van der Waals surface area contributed by atoms with Gasteiger partial charge in [0.1, 0.15) is 23.6 Å². The van der Waals surface area contributed by atoms with Gasteiger partial charge in [-0.05, 0) is 42.0 Å². The zero-order valence-corrected chi connectivity index (χ0v) is 15.4. The van der Waals surface area contributed by atoms with Crippen LogP contribution in [0.1, 0.15) is 17.9 Å². The number of rotatable bonds is 5. The molecule has 0 aliphatic heterocycles. The Bertz CT molecular complexity index is 1160. The molecule has 0 aliphatic rings. The van der Waals surface area contributed by atoms with Crippen molar-refractivity contribution in [2.24, 2.45) is 5.73 Å². The first-order valence-electron chi connectivity index (χ1n) is 8.09. The summed E-state index contributed by atoms with van der Waals surface area (Å²) in [5, 5.41) is 11.2. The summed E-state index contributed by atoms with van der Waals surface area (Å²) >= 11 is 12.2. The number of aromatic nitrogens is 1. The van der Waals surface area contributed by atoms with E-state index in [4.69, 9.17) is 38.1 Å². The van der Waals surface area contributed by atoms with Crippen LogP contribution in [-0.4, -0.2) is 29.2 Å². The third-order valence-corrected chi connectivity index (χ3v) is 4.57. The Morgan fingerprint density at radius 2 is 1.89 bits per heavy atom. The Balaban J connectivity index is 0.00000225. The highest BCUT2D eigenvalue weighted by molar-refractivity contribution is 6.35. The summed E-state index contributed by atoms with van der Waals surface area (Å²) in [6.45, 7) is 0.772. The van der Waals surface area contributed by atoms with Crippen molar-refractivity contribution in [2.75, 3.05) is 13.2 Å². The predicted molar refractivity (Wildman–Crippen MR) is 112 cm³/mol. The molecule has 0 radical (unpaired) electrons. The molecule has 0 aliphatic carbocycles. The van der Waals surface area contributed by atoms with Crippen molar-refractivity contribution in [3.8, 4) is 16.9 Å². The number of hydrogen-bond donors (Lipinski definition) is 3. The number of carboxylic acid groups (broad SMARTS) is 1. The third kappa shape index (κ3) is 3.42. The fraction of sp³-hybridized carbons (Fsp3) is 0.150. The molecule has 2 aromatic carbocycles. The maximum absolute atomic E-state index is 11.8. The minimum absolute atomic E-state index is 0. The average Bonchev–Trinajstić information content (AvgIpc) is 3.15. The molecule has 0 saturated carbocycles. The number of ether oxygens (including phenoxy) is 1. The molecule has 0 bridgehead atoms. The van der Waals surface area contributed by atoms with E-state index in [1.54, 1.807) is 36.4 Å². The standard InChI is InChI=1S/C19H14Cl2N2O4.CH4/c20-10-5-9(6-11(21)7-10)15-17(19(24)25)23-16-13-8-12(26-4-3-22)1-2-14(13)27-18(15)16;/h1-2,5-8,23H,3-4,22H2,(H,24,25);1H4. The summed E-state index contributed by atoms with van der Waals surface area (Å²) in [4.78, 5) is 14.7. The number of fused-ring (bicyclic) bond motifs is 3. The Hall–Kier alpha value is -2.67. The molecule has 8 heteroatoms. The molecule has 0 fully saturated rings. The Morgan fingerprint density at radius 1 is 1.18 bits per heavy atom. The van der Waals surface area contributed by atoms with E-state index in [1.807, 2.05) is 0 Å². The molecule has 6 nitrogen and oxygen atoms in total. The van der Waals surface area contributed by atoms with Gasteiger partial charge in [0.2, 0.25) is 0 Å². The summed E-state index contributed by atoms with van der Waals surface area (Å²) < 4.78 is 11.5. The summed E-state index contributed by atoms with van der Waals surface area (Å²) in [5.41, 5.74) is 7.98. The number of nitrogens with two attached hydrogens (primary N) is 1. The highest BCUT2D eigenvalue weighted by Gasteiger charge is 2.24. The first-order chi connectivity index (χ1) is 13.0. The lowest BCUT2D eigenvalue weighted by Crippen LogP contribution is -2.10. The largest absolute Gasteiger partial charge is 0.492 e. The summed E-state index contributed by atoms with van der Waals surface area (Å²) in [6, 6.07) is 10.2. The molecule has 0 unspecified atom stereocenters. The van der Waals surface area contributed by atoms with Crippen LogP contribution in [0.5, 0.6) is 5.75 Å². The molecular weight excluding hydrogens is 403 g/mol. The zero-order valence-electron chi connectivity index (χ0n) is 13.9. The number of aromatic carboxylic acids is 1. The summed E-state index contributed by atoms with van der Waals surface area (Å²) in [6.07, 6.45) is 0. The van der Waals surface area contributed by atoms with Crippen LogP contribution in [0.15, 0.2) is 40.8 Å². The van der Waals surface area contributed by atoms with Crippen LogP contribution in [0.2, 0.25) is 10.0 Å². The Kier molecular flexibility index (Phi) is 5.56. The average molecular weight is 421 g/mol. The smallest absolute Gasteiger partial charge is 0.353 e. The molecule has 2 aromatic heterocycles. The van der Waals surface area contributed by atoms with Crippen LogP contribution in [0.4, 0.5) is 0 Å². The van der Waals surface area contributed by atoms with Crippen molar-refractivity contribution in [1.29, 1.82) is 0 Å². The molecule has 0 saturated heterocycles. The van der Waals surface area contributed by atoms with Crippen molar-refractivity contribution >= 4 is 51.2 Å². The minimum Gasteiger partial charge on any atom is -0.492 e. The quantitative estimate of drug-likeness (QED) is 0.392. The van der Waals surface area contributed by atoms with Crippen LogP contribution >= 0.6 is 23.2 Å². The molecule has 28 heavy (non-hydrogen) atoms. The van der Waals surface area contributed by atoms with Crippen molar-refractivity contribution < 1.29 is 19.1 Å². The molecule has 0 amide bonds. The van der Waals surface area contributed by atoms with Gasteiger partial charge in [0, 0.05) is 22.0 Å². The number of aromatic amines is 1. The van der Waals surface area contributed by atoms with E-state index < -0.39 is 5.97 Å². The van der Waals surface area contributed by atoms with E-state index in [2.05, 4.69) is 4.98 Å². The van der Waals surface area contributed by atoms with Crippen LogP contribution in [0.3, 0.4) is 0 Å². The molecule has 2 heterocycles. The maximum Gasteiger partial charge on any atom is 0.353 e. The summed E-state index contributed by atoms with van der Waals surface area (Å²) in [7, 11) is 0. The van der Waals surface area contributed by atoms with Gasteiger partial charge in [0.25, 0.3) is 0 Å². The predicted octanol–water partition coefficient (Wildman–Crippen LogP) is 5.56. The van der Waals surface area contributed by atoms with Gasteiger partial charge in [-0.3, -0.25) is 0 Å². The van der Waals surface area contributed by atoms with E-state index in [-0.39, 0.29) is 13.1 Å². The number of halogens is 2. The van der Waals surface area contributed by atoms with Crippen molar-refractivity contribution in [2.45, 2.75) is 7.43 Å². The van der Waals surface area contributed by atoms with Crippen LogP contribution < -0.4 is 10.5 Å². The van der Waals surface area contributed by atoms with Gasteiger partial charge in [-0.2, -0.15) is 0 Å². The number of carbonyl (C=O) groups is 1. The lowest BCUT2D eigenvalue weighted by Gasteiger charge is -2.04. The molecule has 146 valence electrons. The number of benzene rings is 2. The second-order valence-corrected chi connectivity index (χ2v) is 6.81. The van der Waals surface area contributed by atoms with Crippen molar-refractivity contribution in [1.82, 2.24) is 4.98 Å². The van der Waals surface area contributed by atoms with E-state index >= 15 is 0 Å². The van der Waals surface area contributed by atoms with E-state index in [0.717, 1.165) is 0 Å². The van der Waals surface area contributed by atoms with Gasteiger partial charge in [-0.25, -0.2) is 4.79 Å². The fourth-order valence-corrected chi connectivity index (χ4v) is 3.60. The second kappa shape index (κ2) is 7.75. The van der Waals surface area contributed by atoms with E-state index in [0.29, 0.717) is 62.1 Å². The van der Waals surface area contributed by atoms with Gasteiger partial charge in [0.15, 0.2) is 5.58 Å². The first kappa shape index (κ1) is 20.1. The lowest BCUT2D eigenvalue weighted by molar-refractivity contribution is 0.0692. The fourth-order valence-electron chi connectivity index (χ4n) is 3.08. The topological polar surface area (TPSA) is 101 Å². The van der Waals surface area contributed by atoms with Gasteiger partial charge in [-0.15, -0.1) is 0 Å². The Morgan fingerprint density at radius 3 is 2.54 bits per heavy atom. The van der Waals surface area contributed by atoms with Gasteiger partial charge < -0.3 is 25.0 Å². The highest BCUT2D eigenvalue weighted by atomic mass is 35.5. The number of carboxylic acids is 1. The third-order valence-electron chi connectivity index (χ3n) is 4.14. The Labute approximate surface area is 170 Å². The number of furan rings is 1. The van der Waals surface area contributed by atoms with Crippen molar-refractivity contribution in [3.63, 3.8) is 0 Å². The summed E-state index contributed by atoms with van der Waals surface area (Å²) in [5.74, 6) is -0.495. The monoisotopic (exact) mass is 420 g/mol. The van der Waals surface area contributed by atoms with Crippen molar-refractivity contribution in [3.05, 3.63) is 52.1 Å². The van der Waals surface area contributed by atoms with Gasteiger partial charge >= 0.3 is 5.97 Å². The number of hydrogen-bond acceptors (Lipinski definition) is 4. The molecule has 0 atom stereocenters. The SMILES string of the molecule is C.NCCOc1ccc2oc3c(-c4cc(Cl)cc(Cl)c4)c(C(=O)O)[nH]c3c2c1. The normalized spacial score (nSPS) is 11.0. The van der Waals surface area contributed by atoms with Gasteiger partial charge in [0.05, 0.1) is 11.1 Å². The molecular formula is C20H18Cl2N2O4.